The van der Waals surface area contributed by atoms with Gasteiger partial charge in [0.15, 0.2) is 5.78 Å². The maximum absolute atomic E-state index is 12.3. The van der Waals surface area contributed by atoms with Crippen molar-refractivity contribution in [1.82, 2.24) is 0 Å². The zero-order chi connectivity index (χ0) is 11.8. The largest absolute Gasteiger partial charge is 0.465 e. The van der Waals surface area contributed by atoms with Crippen LogP contribution in [0, 0.1) is 11.3 Å². The van der Waals surface area contributed by atoms with E-state index >= 15 is 0 Å². The Hall–Kier alpha value is -1.31. The van der Waals surface area contributed by atoms with E-state index in [1.165, 1.54) is 0 Å². The molecule has 0 amide bonds. The van der Waals surface area contributed by atoms with Gasteiger partial charge in [0.2, 0.25) is 0 Å². The molecular formula is C14H18O2. The average molecular weight is 218 g/mol. The minimum atomic E-state index is -0.239. The van der Waals surface area contributed by atoms with E-state index in [2.05, 4.69) is 6.92 Å². The molecule has 0 radical (unpaired) electrons. The SMILES string of the molecule is CC1CC/C(=C\c2ccco2)C(=O)C1(C)C. The fraction of sp³-hybridized carbons (Fsp3) is 0.500. The van der Waals surface area contributed by atoms with Gasteiger partial charge in [-0.2, -0.15) is 0 Å². The summed E-state index contributed by atoms with van der Waals surface area (Å²) in [5.41, 5.74) is 0.662. The number of hydrogen-bond donors (Lipinski definition) is 0. The quantitative estimate of drug-likeness (QED) is 0.673. The van der Waals surface area contributed by atoms with E-state index in [9.17, 15) is 4.79 Å². The number of allylic oxidation sites excluding steroid dienone is 1. The Morgan fingerprint density at radius 1 is 1.50 bits per heavy atom. The third kappa shape index (κ3) is 1.84. The fourth-order valence-electron chi connectivity index (χ4n) is 2.17. The van der Waals surface area contributed by atoms with E-state index in [1.807, 2.05) is 32.1 Å². The lowest BCUT2D eigenvalue weighted by Gasteiger charge is -2.36. The van der Waals surface area contributed by atoms with Crippen LogP contribution in [0.2, 0.25) is 0 Å². The lowest BCUT2D eigenvalue weighted by atomic mass is 9.67. The molecule has 1 heterocycles. The number of rotatable bonds is 1. The lowest BCUT2D eigenvalue weighted by Crippen LogP contribution is -2.36. The molecule has 0 saturated heterocycles. The van der Waals surface area contributed by atoms with Crippen molar-refractivity contribution in [3.05, 3.63) is 29.7 Å². The van der Waals surface area contributed by atoms with E-state index in [4.69, 9.17) is 4.42 Å². The van der Waals surface area contributed by atoms with Gasteiger partial charge in [0.1, 0.15) is 5.76 Å². The van der Waals surface area contributed by atoms with Crippen LogP contribution in [0.1, 0.15) is 39.4 Å². The summed E-state index contributed by atoms with van der Waals surface area (Å²) in [6.45, 7) is 6.23. The molecule has 1 aromatic rings. The van der Waals surface area contributed by atoms with Crippen molar-refractivity contribution in [2.24, 2.45) is 11.3 Å². The van der Waals surface area contributed by atoms with E-state index in [0.717, 1.165) is 24.2 Å². The van der Waals surface area contributed by atoms with Crippen molar-refractivity contribution in [3.63, 3.8) is 0 Å². The van der Waals surface area contributed by atoms with Gasteiger partial charge in [-0.25, -0.2) is 0 Å². The molecule has 2 heteroatoms. The molecule has 16 heavy (non-hydrogen) atoms. The highest BCUT2D eigenvalue weighted by Crippen LogP contribution is 2.40. The van der Waals surface area contributed by atoms with Crippen molar-refractivity contribution >= 4 is 11.9 Å². The molecule has 1 fully saturated rings. The van der Waals surface area contributed by atoms with Crippen LogP contribution in [0.15, 0.2) is 28.4 Å². The van der Waals surface area contributed by atoms with Crippen LogP contribution in [0.4, 0.5) is 0 Å². The Bertz CT molecular complexity index is 410. The van der Waals surface area contributed by atoms with Gasteiger partial charge in [0, 0.05) is 5.41 Å². The first kappa shape index (κ1) is 11.2. The topological polar surface area (TPSA) is 30.2 Å². The molecule has 1 aliphatic rings. The molecule has 2 rings (SSSR count). The van der Waals surface area contributed by atoms with Crippen molar-refractivity contribution in [3.8, 4) is 0 Å². The molecular weight excluding hydrogens is 200 g/mol. The van der Waals surface area contributed by atoms with Gasteiger partial charge in [-0.05, 0) is 42.5 Å². The highest BCUT2D eigenvalue weighted by atomic mass is 16.3. The van der Waals surface area contributed by atoms with Crippen molar-refractivity contribution in [2.75, 3.05) is 0 Å². The molecule has 0 bridgehead atoms. The second kappa shape index (κ2) is 3.93. The minimum Gasteiger partial charge on any atom is -0.465 e. The Labute approximate surface area is 96.3 Å². The molecule has 2 nitrogen and oxygen atoms in total. The maximum atomic E-state index is 12.3. The second-order valence-electron chi connectivity index (χ2n) is 5.18. The van der Waals surface area contributed by atoms with E-state index in [-0.39, 0.29) is 11.2 Å². The molecule has 1 unspecified atom stereocenters. The molecule has 1 atom stereocenters. The van der Waals surface area contributed by atoms with Gasteiger partial charge in [0.25, 0.3) is 0 Å². The van der Waals surface area contributed by atoms with Crippen molar-refractivity contribution < 1.29 is 9.21 Å². The first-order chi connectivity index (χ1) is 7.51. The summed E-state index contributed by atoms with van der Waals surface area (Å²) in [6, 6.07) is 3.72. The summed E-state index contributed by atoms with van der Waals surface area (Å²) >= 11 is 0. The van der Waals surface area contributed by atoms with Crippen LogP contribution in [-0.2, 0) is 4.79 Å². The number of hydrogen-bond acceptors (Lipinski definition) is 2. The molecule has 1 aromatic heterocycles. The number of ketones is 1. The Balaban J connectivity index is 2.28. The predicted octanol–water partition coefficient (Wildman–Crippen LogP) is 3.69. The van der Waals surface area contributed by atoms with Gasteiger partial charge >= 0.3 is 0 Å². The molecule has 0 aromatic carbocycles. The van der Waals surface area contributed by atoms with Crippen LogP contribution >= 0.6 is 0 Å². The molecule has 0 N–H and O–H groups in total. The van der Waals surface area contributed by atoms with Gasteiger partial charge in [-0.15, -0.1) is 0 Å². The normalized spacial score (nSPS) is 27.3. The first-order valence-electron chi connectivity index (χ1n) is 5.80. The molecule has 1 aliphatic carbocycles. The van der Waals surface area contributed by atoms with Gasteiger partial charge in [0.05, 0.1) is 6.26 Å². The zero-order valence-electron chi connectivity index (χ0n) is 10.1. The van der Waals surface area contributed by atoms with Crippen LogP contribution in [0.25, 0.3) is 6.08 Å². The lowest BCUT2D eigenvalue weighted by molar-refractivity contribution is -0.127. The van der Waals surface area contributed by atoms with Gasteiger partial charge < -0.3 is 4.42 Å². The highest BCUT2D eigenvalue weighted by Gasteiger charge is 2.39. The average Bonchev–Trinajstić information content (AvgIpc) is 2.73. The van der Waals surface area contributed by atoms with Crippen molar-refractivity contribution in [2.45, 2.75) is 33.6 Å². The molecule has 86 valence electrons. The number of furan rings is 1. The summed E-state index contributed by atoms with van der Waals surface area (Å²) in [5.74, 6) is 1.49. The monoisotopic (exact) mass is 218 g/mol. The summed E-state index contributed by atoms with van der Waals surface area (Å²) in [4.78, 5) is 12.3. The summed E-state index contributed by atoms with van der Waals surface area (Å²) in [6.07, 6.45) is 5.46. The number of carbonyl (C=O) groups excluding carboxylic acids is 1. The van der Waals surface area contributed by atoms with E-state index in [0.29, 0.717) is 5.92 Å². The second-order valence-corrected chi connectivity index (χ2v) is 5.18. The zero-order valence-corrected chi connectivity index (χ0v) is 10.1. The Morgan fingerprint density at radius 2 is 2.25 bits per heavy atom. The fourth-order valence-corrected chi connectivity index (χ4v) is 2.17. The van der Waals surface area contributed by atoms with Crippen LogP contribution in [-0.4, -0.2) is 5.78 Å². The summed E-state index contributed by atoms with van der Waals surface area (Å²) in [5, 5.41) is 0. The van der Waals surface area contributed by atoms with Crippen LogP contribution < -0.4 is 0 Å². The van der Waals surface area contributed by atoms with E-state index in [1.54, 1.807) is 6.26 Å². The first-order valence-corrected chi connectivity index (χ1v) is 5.80. The number of carbonyl (C=O) groups is 1. The Kier molecular flexibility index (Phi) is 2.75. The smallest absolute Gasteiger partial charge is 0.164 e. The summed E-state index contributed by atoms with van der Waals surface area (Å²) in [7, 11) is 0. The maximum Gasteiger partial charge on any atom is 0.164 e. The van der Waals surface area contributed by atoms with Crippen molar-refractivity contribution in [1.29, 1.82) is 0 Å². The highest BCUT2D eigenvalue weighted by molar-refractivity contribution is 6.03. The third-order valence-corrected chi connectivity index (χ3v) is 3.82. The minimum absolute atomic E-state index is 0.239. The molecule has 0 aliphatic heterocycles. The Morgan fingerprint density at radius 3 is 2.88 bits per heavy atom. The van der Waals surface area contributed by atoms with Crippen LogP contribution in [0.5, 0.6) is 0 Å². The summed E-state index contributed by atoms with van der Waals surface area (Å²) < 4.78 is 5.25. The molecule has 1 saturated carbocycles. The standard InChI is InChI=1S/C14H18O2/c1-10-6-7-11(13(15)14(10,2)3)9-12-5-4-8-16-12/h4-5,8-10H,6-7H2,1-3H3/b11-9+. The van der Waals surface area contributed by atoms with Crippen LogP contribution in [0.3, 0.4) is 0 Å². The molecule has 0 spiro atoms. The number of Topliss-reactive ketones (excluding diaryl/α,β-unsaturated/α-hetero) is 1. The third-order valence-electron chi connectivity index (χ3n) is 3.82. The predicted molar refractivity (Wildman–Crippen MR) is 63.9 cm³/mol. The van der Waals surface area contributed by atoms with Gasteiger partial charge in [-0.3, -0.25) is 4.79 Å². The van der Waals surface area contributed by atoms with E-state index < -0.39 is 0 Å². The van der Waals surface area contributed by atoms with Gasteiger partial charge in [-0.1, -0.05) is 20.8 Å².